The van der Waals surface area contributed by atoms with Crippen LogP contribution in [0.15, 0.2) is 23.1 Å². The van der Waals surface area contributed by atoms with Gasteiger partial charge in [0.25, 0.3) is 0 Å². The molecular formula is C16H26ClN3O2S. The number of benzene rings is 1. The summed E-state index contributed by atoms with van der Waals surface area (Å²) in [6, 6.07) is 6.13. The minimum Gasteiger partial charge on any atom is -0.315 e. The molecular weight excluding hydrogens is 334 g/mol. The van der Waals surface area contributed by atoms with Gasteiger partial charge in [0.1, 0.15) is 0 Å². The molecule has 1 aromatic carbocycles. The summed E-state index contributed by atoms with van der Waals surface area (Å²) in [5.41, 5.74) is 1.93. The number of halogens is 1. The molecule has 1 unspecified atom stereocenters. The summed E-state index contributed by atoms with van der Waals surface area (Å²) in [6.45, 7) is 8.80. The minimum absolute atomic E-state index is 0. The van der Waals surface area contributed by atoms with Crippen molar-refractivity contribution < 1.29 is 8.42 Å². The van der Waals surface area contributed by atoms with E-state index >= 15 is 0 Å². The SMILES string of the molecule is Cc1ccc(S(=O)(=O)N2CCN(C3CCNC3)CC2)c(C)c1.Cl. The van der Waals surface area contributed by atoms with Crippen LogP contribution in [0, 0.1) is 13.8 Å². The molecule has 2 heterocycles. The molecule has 0 amide bonds. The number of rotatable bonds is 3. The minimum atomic E-state index is -3.37. The first-order valence-corrected chi connectivity index (χ1v) is 9.44. The van der Waals surface area contributed by atoms with Crippen LogP contribution in [0.4, 0.5) is 0 Å². The summed E-state index contributed by atoms with van der Waals surface area (Å²) in [7, 11) is -3.37. The van der Waals surface area contributed by atoms with Crippen molar-refractivity contribution in [2.75, 3.05) is 39.3 Å². The molecule has 130 valence electrons. The van der Waals surface area contributed by atoms with Gasteiger partial charge < -0.3 is 5.32 Å². The Labute approximate surface area is 145 Å². The molecule has 0 aliphatic carbocycles. The van der Waals surface area contributed by atoms with Crippen LogP contribution in [-0.4, -0.2) is 62.9 Å². The highest BCUT2D eigenvalue weighted by Gasteiger charge is 2.32. The second-order valence-corrected chi connectivity index (χ2v) is 8.26. The predicted octanol–water partition coefficient (Wildman–Crippen LogP) is 1.39. The highest BCUT2D eigenvalue weighted by Crippen LogP contribution is 2.23. The predicted molar refractivity (Wildman–Crippen MR) is 94.8 cm³/mol. The monoisotopic (exact) mass is 359 g/mol. The first-order chi connectivity index (χ1) is 10.5. The lowest BCUT2D eigenvalue weighted by Crippen LogP contribution is -2.52. The Morgan fingerprint density at radius 1 is 1.13 bits per heavy atom. The third-order valence-electron chi connectivity index (χ3n) is 4.77. The van der Waals surface area contributed by atoms with Crippen LogP contribution < -0.4 is 5.32 Å². The molecule has 2 aliphatic heterocycles. The van der Waals surface area contributed by atoms with E-state index in [0.717, 1.165) is 37.3 Å². The summed E-state index contributed by atoms with van der Waals surface area (Å²) < 4.78 is 27.3. The Morgan fingerprint density at radius 3 is 2.39 bits per heavy atom. The maximum atomic E-state index is 12.8. The van der Waals surface area contributed by atoms with Crippen LogP contribution in [0.3, 0.4) is 0 Å². The van der Waals surface area contributed by atoms with E-state index in [1.54, 1.807) is 10.4 Å². The second-order valence-electron chi connectivity index (χ2n) is 6.36. The van der Waals surface area contributed by atoms with Crippen LogP contribution >= 0.6 is 12.4 Å². The number of sulfonamides is 1. The van der Waals surface area contributed by atoms with E-state index in [-0.39, 0.29) is 12.4 Å². The maximum Gasteiger partial charge on any atom is 0.243 e. The van der Waals surface area contributed by atoms with Crippen LogP contribution in [0.25, 0.3) is 0 Å². The van der Waals surface area contributed by atoms with Crippen molar-refractivity contribution in [3.63, 3.8) is 0 Å². The zero-order chi connectivity index (χ0) is 15.7. The number of hydrogen-bond acceptors (Lipinski definition) is 4. The van der Waals surface area contributed by atoms with Crippen LogP contribution in [-0.2, 0) is 10.0 Å². The topological polar surface area (TPSA) is 52.7 Å². The van der Waals surface area contributed by atoms with Crippen molar-refractivity contribution in [2.24, 2.45) is 0 Å². The summed E-state index contributed by atoms with van der Waals surface area (Å²) in [5, 5.41) is 3.38. The Balaban J connectivity index is 0.00000192. The third-order valence-corrected chi connectivity index (χ3v) is 6.83. The zero-order valence-corrected chi connectivity index (χ0v) is 15.4. The lowest BCUT2D eigenvalue weighted by Gasteiger charge is -2.37. The Morgan fingerprint density at radius 2 is 1.83 bits per heavy atom. The van der Waals surface area contributed by atoms with Gasteiger partial charge in [-0.2, -0.15) is 4.31 Å². The molecule has 0 aromatic heterocycles. The molecule has 1 atom stereocenters. The molecule has 5 nitrogen and oxygen atoms in total. The molecule has 7 heteroatoms. The number of piperazine rings is 1. The number of aryl methyl sites for hydroxylation is 2. The van der Waals surface area contributed by atoms with E-state index in [0.29, 0.717) is 24.0 Å². The fourth-order valence-electron chi connectivity index (χ4n) is 3.49. The largest absolute Gasteiger partial charge is 0.315 e. The van der Waals surface area contributed by atoms with Crippen LogP contribution in [0.5, 0.6) is 0 Å². The van der Waals surface area contributed by atoms with Gasteiger partial charge in [0.15, 0.2) is 0 Å². The average molecular weight is 360 g/mol. The normalized spacial score (nSPS) is 23.7. The smallest absolute Gasteiger partial charge is 0.243 e. The standard InChI is InChI=1S/C16H25N3O2S.ClH/c1-13-3-4-16(14(2)11-13)22(20,21)19-9-7-18(8-10-19)15-5-6-17-12-15;/h3-4,11,15,17H,5-10,12H2,1-2H3;1H. The van der Waals surface area contributed by atoms with Gasteiger partial charge in [0.05, 0.1) is 4.90 Å². The van der Waals surface area contributed by atoms with E-state index in [1.165, 1.54) is 6.42 Å². The quantitative estimate of drug-likeness (QED) is 0.886. The first-order valence-electron chi connectivity index (χ1n) is 8.00. The Hall–Kier alpha value is -0.660. The molecule has 1 N–H and O–H groups in total. The van der Waals surface area contributed by atoms with Gasteiger partial charge in [-0.1, -0.05) is 17.7 Å². The molecule has 0 saturated carbocycles. The highest BCUT2D eigenvalue weighted by molar-refractivity contribution is 7.89. The molecule has 2 saturated heterocycles. The van der Waals surface area contributed by atoms with Crippen molar-refractivity contribution >= 4 is 22.4 Å². The fraction of sp³-hybridized carbons (Fsp3) is 0.625. The summed E-state index contributed by atoms with van der Waals surface area (Å²) in [5.74, 6) is 0. The highest BCUT2D eigenvalue weighted by atomic mass is 35.5. The Bertz CT molecular complexity index is 637. The molecule has 0 bridgehead atoms. The van der Waals surface area contributed by atoms with Gasteiger partial charge in [-0.3, -0.25) is 4.90 Å². The van der Waals surface area contributed by atoms with E-state index in [4.69, 9.17) is 0 Å². The van der Waals surface area contributed by atoms with Crippen molar-refractivity contribution in [1.82, 2.24) is 14.5 Å². The van der Waals surface area contributed by atoms with Gasteiger partial charge in [0, 0.05) is 38.8 Å². The van der Waals surface area contributed by atoms with E-state index < -0.39 is 10.0 Å². The van der Waals surface area contributed by atoms with Gasteiger partial charge >= 0.3 is 0 Å². The van der Waals surface area contributed by atoms with Crippen molar-refractivity contribution in [3.05, 3.63) is 29.3 Å². The van der Waals surface area contributed by atoms with Crippen LogP contribution in [0.2, 0.25) is 0 Å². The second kappa shape index (κ2) is 7.49. The first kappa shape index (κ1) is 18.7. The van der Waals surface area contributed by atoms with Crippen molar-refractivity contribution in [1.29, 1.82) is 0 Å². The molecule has 0 radical (unpaired) electrons. The maximum absolute atomic E-state index is 12.8. The molecule has 23 heavy (non-hydrogen) atoms. The summed E-state index contributed by atoms with van der Waals surface area (Å²) in [4.78, 5) is 2.88. The van der Waals surface area contributed by atoms with Crippen molar-refractivity contribution in [2.45, 2.75) is 31.2 Å². The number of hydrogen-bond donors (Lipinski definition) is 1. The lowest BCUT2D eigenvalue weighted by atomic mass is 10.2. The van der Waals surface area contributed by atoms with E-state index in [2.05, 4.69) is 10.2 Å². The van der Waals surface area contributed by atoms with E-state index in [9.17, 15) is 8.42 Å². The third kappa shape index (κ3) is 3.88. The van der Waals surface area contributed by atoms with Crippen molar-refractivity contribution in [3.8, 4) is 0 Å². The number of nitrogens with one attached hydrogen (secondary N) is 1. The number of nitrogens with zero attached hydrogens (tertiary/aromatic N) is 2. The van der Waals surface area contributed by atoms with Crippen LogP contribution in [0.1, 0.15) is 17.5 Å². The average Bonchev–Trinajstić information content (AvgIpc) is 3.01. The zero-order valence-electron chi connectivity index (χ0n) is 13.8. The molecule has 2 fully saturated rings. The van der Waals surface area contributed by atoms with Gasteiger partial charge in [-0.25, -0.2) is 8.42 Å². The fourth-order valence-corrected chi connectivity index (χ4v) is 5.12. The van der Waals surface area contributed by atoms with Gasteiger partial charge in [-0.05, 0) is 38.4 Å². The molecule has 3 rings (SSSR count). The van der Waals surface area contributed by atoms with E-state index in [1.807, 2.05) is 26.0 Å². The summed E-state index contributed by atoms with van der Waals surface area (Å²) >= 11 is 0. The molecule has 0 spiro atoms. The summed E-state index contributed by atoms with van der Waals surface area (Å²) in [6.07, 6.45) is 1.17. The van der Waals surface area contributed by atoms with Gasteiger partial charge in [-0.15, -0.1) is 12.4 Å². The molecule has 1 aromatic rings. The molecule has 2 aliphatic rings. The Kier molecular flexibility index (Phi) is 6.08. The van der Waals surface area contributed by atoms with Gasteiger partial charge in [0.2, 0.25) is 10.0 Å². The lowest BCUT2D eigenvalue weighted by molar-refractivity contribution is 0.145.